The van der Waals surface area contributed by atoms with Gasteiger partial charge in [-0.1, -0.05) is 6.07 Å². The van der Waals surface area contributed by atoms with E-state index in [1.54, 1.807) is 0 Å². The van der Waals surface area contributed by atoms with Gasteiger partial charge in [0.05, 0.1) is 4.90 Å². The van der Waals surface area contributed by atoms with Crippen molar-refractivity contribution in [2.45, 2.75) is 37.2 Å². The van der Waals surface area contributed by atoms with E-state index in [9.17, 15) is 12.8 Å². The maximum Gasteiger partial charge on any atom is 0.241 e. The normalized spacial score (nSPS) is 18.6. The van der Waals surface area contributed by atoms with Gasteiger partial charge in [-0.15, -0.1) is 0 Å². The Morgan fingerprint density at radius 3 is 2.71 bits per heavy atom. The Morgan fingerprint density at radius 1 is 1.43 bits per heavy atom. The summed E-state index contributed by atoms with van der Waals surface area (Å²) in [6.07, 6.45) is 1.63. The molecule has 1 unspecified atom stereocenters. The molecule has 1 aromatic carbocycles. The molecule has 0 spiro atoms. The van der Waals surface area contributed by atoms with Gasteiger partial charge in [-0.2, -0.15) is 0 Å². The summed E-state index contributed by atoms with van der Waals surface area (Å²) in [4.78, 5) is -0.0797. The minimum absolute atomic E-state index is 0.0178. The summed E-state index contributed by atoms with van der Waals surface area (Å²) in [5, 5.41) is 0. The first-order valence-electron chi connectivity index (χ1n) is 7.03. The highest BCUT2D eigenvalue weighted by Gasteiger charge is 2.27. The van der Waals surface area contributed by atoms with Crippen molar-refractivity contribution in [1.82, 2.24) is 4.72 Å². The van der Waals surface area contributed by atoms with Crippen molar-refractivity contribution in [3.63, 3.8) is 0 Å². The molecule has 1 aromatic rings. The highest BCUT2D eigenvalue weighted by Crippen LogP contribution is 2.22. The molecule has 1 aliphatic heterocycles. The van der Waals surface area contributed by atoms with E-state index in [0.717, 1.165) is 12.8 Å². The van der Waals surface area contributed by atoms with Crippen LogP contribution in [0.25, 0.3) is 0 Å². The second-order valence-corrected chi connectivity index (χ2v) is 6.96. The van der Waals surface area contributed by atoms with Crippen molar-refractivity contribution in [2.75, 3.05) is 13.2 Å². The molecule has 1 saturated heterocycles. The van der Waals surface area contributed by atoms with Crippen LogP contribution in [0.1, 0.15) is 25.3 Å². The van der Waals surface area contributed by atoms with Crippen LogP contribution < -0.4 is 10.5 Å². The van der Waals surface area contributed by atoms with Gasteiger partial charge in [0.1, 0.15) is 5.82 Å². The van der Waals surface area contributed by atoms with Crippen LogP contribution in [0.2, 0.25) is 0 Å². The number of hydrogen-bond donors (Lipinski definition) is 2. The van der Waals surface area contributed by atoms with Gasteiger partial charge >= 0.3 is 0 Å². The van der Waals surface area contributed by atoms with Crippen molar-refractivity contribution in [3.05, 3.63) is 29.6 Å². The average Bonchev–Trinajstić information content (AvgIpc) is 2.47. The van der Waals surface area contributed by atoms with E-state index in [-0.39, 0.29) is 29.0 Å². The summed E-state index contributed by atoms with van der Waals surface area (Å²) < 4.78 is 46.5. The van der Waals surface area contributed by atoms with E-state index in [1.807, 2.05) is 6.92 Å². The first kappa shape index (κ1) is 16.4. The van der Waals surface area contributed by atoms with Crippen molar-refractivity contribution >= 4 is 10.0 Å². The SMILES string of the molecule is CC(NS(=O)(=O)c1cccc(F)c1CN)C1CCOCC1. The number of sulfonamides is 1. The van der Waals surface area contributed by atoms with Crippen LogP contribution in [0.15, 0.2) is 23.1 Å². The molecule has 7 heteroatoms. The molecule has 1 aliphatic rings. The first-order chi connectivity index (χ1) is 9.95. The van der Waals surface area contributed by atoms with Crippen LogP contribution in [0.3, 0.4) is 0 Å². The third-order valence-electron chi connectivity index (χ3n) is 3.88. The molecule has 0 aromatic heterocycles. The lowest BCUT2D eigenvalue weighted by molar-refractivity contribution is 0.0585. The Labute approximate surface area is 124 Å². The fraction of sp³-hybridized carbons (Fsp3) is 0.571. The lowest BCUT2D eigenvalue weighted by Crippen LogP contribution is -2.40. The molecule has 1 fully saturated rings. The predicted octanol–water partition coefficient (Wildman–Crippen LogP) is 1.38. The van der Waals surface area contributed by atoms with Gasteiger partial charge in [-0.3, -0.25) is 0 Å². The minimum Gasteiger partial charge on any atom is -0.381 e. The Hall–Kier alpha value is -1.02. The molecule has 0 radical (unpaired) electrons. The summed E-state index contributed by atoms with van der Waals surface area (Å²) in [6, 6.07) is 3.74. The molecule has 1 heterocycles. The van der Waals surface area contributed by atoms with E-state index in [2.05, 4.69) is 4.72 Å². The zero-order valence-electron chi connectivity index (χ0n) is 12.0. The number of benzene rings is 1. The van der Waals surface area contributed by atoms with Gasteiger partial charge in [0, 0.05) is 31.4 Å². The Morgan fingerprint density at radius 2 is 2.10 bits per heavy atom. The van der Waals surface area contributed by atoms with Crippen LogP contribution in [0, 0.1) is 11.7 Å². The topological polar surface area (TPSA) is 81.4 Å². The Kier molecular flexibility index (Phi) is 5.32. The zero-order chi connectivity index (χ0) is 15.5. The predicted molar refractivity (Wildman–Crippen MR) is 77.6 cm³/mol. The molecule has 1 atom stereocenters. The highest BCUT2D eigenvalue weighted by molar-refractivity contribution is 7.89. The molecule has 21 heavy (non-hydrogen) atoms. The minimum atomic E-state index is -3.78. The standard InChI is InChI=1S/C14H21FN2O3S/c1-10(11-5-7-20-8-6-11)17-21(18,19)14-4-2-3-13(15)12(14)9-16/h2-4,10-11,17H,5-9,16H2,1H3. The Bertz CT molecular complexity index is 586. The van der Waals surface area contributed by atoms with Crippen molar-refractivity contribution in [2.24, 2.45) is 11.7 Å². The van der Waals surface area contributed by atoms with E-state index in [1.165, 1.54) is 18.2 Å². The molecule has 5 nitrogen and oxygen atoms in total. The first-order valence-corrected chi connectivity index (χ1v) is 8.51. The van der Waals surface area contributed by atoms with E-state index < -0.39 is 15.8 Å². The van der Waals surface area contributed by atoms with Crippen LogP contribution in [-0.2, 0) is 21.3 Å². The third-order valence-corrected chi connectivity index (χ3v) is 5.53. The lowest BCUT2D eigenvalue weighted by Gasteiger charge is -2.28. The second kappa shape index (κ2) is 6.83. The van der Waals surface area contributed by atoms with E-state index in [4.69, 9.17) is 10.5 Å². The van der Waals surface area contributed by atoms with Gasteiger partial charge in [0.25, 0.3) is 0 Å². The van der Waals surface area contributed by atoms with Gasteiger partial charge < -0.3 is 10.5 Å². The number of halogens is 1. The van der Waals surface area contributed by atoms with E-state index >= 15 is 0 Å². The van der Waals surface area contributed by atoms with Crippen LogP contribution >= 0.6 is 0 Å². The third kappa shape index (κ3) is 3.79. The largest absolute Gasteiger partial charge is 0.381 e. The van der Waals surface area contributed by atoms with Gasteiger partial charge in [-0.25, -0.2) is 17.5 Å². The monoisotopic (exact) mass is 316 g/mol. The molecule has 0 aliphatic carbocycles. The quantitative estimate of drug-likeness (QED) is 0.860. The number of ether oxygens (including phenoxy) is 1. The fourth-order valence-electron chi connectivity index (χ4n) is 2.61. The summed E-state index contributed by atoms with van der Waals surface area (Å²) in [7, 11) is -3.78. The summed E-state index contributed by atoms with van der Waals surface area (Å²) >= 11 is 0. The maximum absolute atomic E-state index is 13.7. The van der Waals surface area contributed by atoms with Crippen LogP contribution in [-0.4, -0.2) is 27.7 Å². The van der Waals surface area contributed by atoms with Crippen LogP contribution in [0.5, 0.6) is 0 Å². The molecule has 0 bridgehead atoms. The lowest BCUT2D eigenvalue weighted by atomic mass is 9.94. The van der Waals surface area contributed by atoms with Crippen molar-refractivity contribution in [3.8, 4) is 0 Å². The maximum atomic E-state index is 13.7. The van der Waals surface area contributed by atoms with Crippen LogP contribution in [0.4, 0.5) is 4.39 Å². The summed E-state index contributed by atoms with van der Waals surface area (Å²) in [5.74, 6) is -0.373. The van der Waals surface area contributed by atoms with Crippen molar-refractivity contribution in [1.29, 1.82) is 0 Å². The van der Waals surface area contributed by atoms with E-state index in [0.29, 0.717) is 13.2 Å². The van der Waals surface area contributed by atoms with Crippen molar-refractivity contribution < 1.29 is 17.5 Å². The summed E-state index contributed by atoms with van der Waals surface area (Å²) in [5.41, 5.74) is 5.49. The molecule has 3 N–H and O–H groups in total. The highest BCUT2D eigenvalue weighted by atomic mass is 32.2. The number of nitrogens with two attached hydrogens (primary N) is 1. The average molecular weight is 316 g/mol. The number of rotatable bonds is 5. The van der Waals surface area contributed by atoms with Gasteiger partial charge in [-0.05, 0) is 37.8 Å². The smallest absolute Gasteiger partial charge is 0.241 e. The zero-order valence-corrected chi connectivity index (χ0v) is 12.8. The molecule has 118 valence electrons. The van der Waals surface area contributed by atoms with Gasteiger partial charge in [0.15, 0.2) is 0 Å². The van der Waals surface area contributed by atoms with Gasteiger partial charge in [0.2, 0.25) is 10.0 Å². The molecule has 0 saturated carbocycles. The summed E-state index contributed by atoms with van der Waals surface area (Å²) in [6.45, 7) is 2.96. The fourth-order valence-corrected chi connectivity index (χ4v) is 4.18. The molecule has 0 amide bonds. The number of hydrogen-bond acceptors (Lipinski definition) is 4. The number of nitrogens with one attached hydrogen (secondary N) is 1. The second-order valence-electron chi connectivity index (χ2n) is 5.28. The molecule has 2 rings (SSSR count). The molecular formula is C14H21FN2O3S. The Balaban J connectivity index is 2.20. The molecular weight excluding hydrogens is 295 g/mol.